The molecule has 0 radical (unpaired) electrons. The molecule has 0 aliphatic rings. The monoisotopic (exact) mass is 237 g/mol. The van der Waals surface area contributed by atoms with Crippen LogP contribution in [0.25, 0.3) is 0 Å². The third kappa shape index (κ3) is 5.47. The summed E-state index contributed by atoms with van der Waals surface area (Å²) in [6, 6.07) is 7.50. The molecule has 0 saturated heterocycles. The quantitative estimate of drug-likeness (QED) is 0.623. The lowest BCUT2D eigenvalue weighted by Crippen LogP contribution is -2.19. The van der Waals surface area contributed by atoms with Crippen molar-refractivity contribution < 1.29 is 15.0 Å². The van der Waals surface area contributed by atoms with E-state index in [1.54, 1.807) is 6.92 Å². The second-order valence-electron chi connectivity index (χ2n) is 4.15. The van der Waals surface area contributed by atoms with Gasteiger partial charge in [0.15, 0.2) is 0 Å². The zero-order chi connectivity index (χ0) is 12.7. The number of benzene rings is 1. The van der Waals surface area contributed by atoms with E-state index in [-0.39, 0.29) is 12.5 Å². The normalized spacial score (nSPS) is 12.4. The first-order valence-electron chi connectivity index (χ1n) is 5.77. The van der Waals surface area contributed by atoms with Crippen LogP contribution in [0.3, 0.4) is 0 Å². The second kappa shape index (κ2) is 7.04. The molecule has 0 aromatic heterocycles. The van der Waals surface area contributed by atoms with Crippen molar-refractivity contribution in [2.45, 2.75) is 32.4 Å². The summed E-state index contributed by atoms with van der Waals surface area (Å²) in [5.41, 5.74) is 1.84. The first kappa shape index (κ1) is 13.7. The van der Waals surface area contributed by atoms with Gasteiger partial charge in [-0.2, -0.15) is 0 Å². The highest BCUT2D eigenvalue weighted by atomic mass is 16.4. The third-order valence-corrected chi connectivity index (χ3v) is 2.51. The van der Waals surface area contributed by atoms with Crippen molar-refractivity contribution in [3.8, 4) is 0 Å². The molecule has 1 rings (SSSR count). The highest BCUT2D eigenvalue weighted by Crippen LogP contribution is 2.09. The minimum atomic E-state index is -0.818. The molecule has 4 nitrogen and oxygen atoms in total. The molecular formula is C13H19NO3. The summed E-state index contributed by atoms with van der Waals surface area (Å²) in [5.74, 6) is -0.818. The van der Waals surface area contributed by atoms with Crippen molar-refractivity contribution in [2.24, 2.45) is 0 Å². The zero-order valence-corrected chi connectivity index (χ0v) is 10.0. The Kier molecular flexibility index (Phi) is 5.66. The fraction of sp³-hybridized carbons (Fsp3) is 0.462. The maximum atomic E-state index is 10.7. The average Bonchev–Trinajstić information content (AvgIpc) is 2.25. The van der Waals surface area contributed by atoms with E-state index < -0.39 is 5.97 Å². The van der Waals surface area contributed by atoms with E-state index in [1.807, 2.05) is 24.3 Å². The Labute approximate surface area is 101 Å². The summed E-state index contributed by atoms with van der Waals surface area (Å²) in [4.78, 5) is 10.7. The van der Waals surface area contributed by atoms with Crippen LogP contribution in [0, 0.1) is 0 Å². The molecule has 1 aromatic carbocycles. The molecule has 4 heteroatoms. The van der Waals surface area contributed by atoms with Crippen molar-refractivity contribution in [3.63, 3.8) is 0 Å². The number of aliphatic carboxylic acids is 1. The predicted molar refractivity (Wildman–Crippen MR) is 65.8 cm³/mol. The van der Waals surface area contributed by atoms with Crippen LogP contribution in [0.4, 0.5) is 0 Å². The van der Waals surface area contributed by atoms with Crippen molar-refractivity contribution >= 4 is 5.97 Å². The molecule has 0 aliphatic carbocycles. The van der Waals surface area contributed by atoms with Gasteiger partial charge < -0.3 is 15.5 Å². The van der Waals surface area contributed by atoms with Gasteiger partial charge in [0.2, 0.25) is 0 Å². The Morgan fingerprint density at radius 3 is 2.59 bits per heavy atom. The Morgan fingerprint density at radius 2 is 2.00 bits per heavy atom. The number of hydrogen-bond donors (Lipinski definition) is 3. The van der Waals surface area contributed by atoms with Crippen LogP contribution in [0.15, 0.2) is 24.3 Å². The largest absolute Gasteiger partial charge is 0.481 e. The van der Waals surface area contributed by atoms with Crippen LogP contribution in [0.1, 0.15) is 24.5 Å². The number of rotatable bonds is 7. The average molecular weight is 237 g/mol. The van der Waals surface area contributed by atoms with Gasteiger partial charge in [-0.15, -0.1) is 0 Å². The van der Waals surface area contributed by atoms with Crippen molar-refractivity contribution in [3.05, 3.63) is 35.4 Å². The molecular weight excluding hydrogens is 218 g/mol. The van der Waals surface area contributed by atoms with Gasteiger partial charge in [0.1, 0.15) is 0 Å². The molecule has 17 heavy (non-hydrogen) atoms. The molecule has 0 bridgehead atoms. The van der Waals surface area contributed by atoms with Crippen molar-refractivity contribution in [1.29, 1.82) is 0 Å². The number of nitrogens with one attached hydrogen (secondary N) is 1. The Hall–Kier alpha value is -1.39. The lowest BCUT2D eigenvalue weighted by atomic mass is 10.0. The number of carboxylic acids is 1. The molecule has 0 heterocycles. The van der Waals surface area contributed by atoms with Gasteiger partial charge in [0, 0.05) is 6.54 Å². The first-order valence-corrected chi connectivity index (χ1v) is 5.77. The molecule has 0 aliphatic heterocycles. The number of carboxylic acid groups (broad SMARTS) is 1. The molecule has 3 N–H and O–H groups in total. The summed E-state index contributed by atoms with van der Waals surface area (Å²) in [6.45, 7) is 3.11. The smallest absolute Gasteiger partial charge is 0.307 e. The van der Waals surface area contributed by atoms with E-state index >= 15 is 0 Å². The summed E-state index contributed by atoms with van der Waals surface area (Å²) in [6.07, 6.45) is 0.437. The number of aliphatic hydroxyl groups is 1. The fourth-order valence-electron chi connectivity index (χ4n) is 1.60. The van der Waals surface area contributed by atoms with E-state index in [0.29, 0.717) is 13.0 Å². The van der Waals surface area contributed by atoms with Crippen molar-refractivity contribution in [1.82, 2.24) is 5.32 Å². The minimum absolute atomic E-state index is 0.0499. The number of carbonyl (C=O) groups is 1. The van der Waals surface area contributed by atoms with Gasteiger partial charge >= 0.3 is 5.97 Å². The van der Waals surface area contributed by atoms with Crippen LogP contribution in [0.5, 0.6) is 0 Å². The first-order chi connectivity index (χ1) is 8.09. The topological polar surface area (TPSA) is 69.6 Å². The van der Waals surface area contributed by atoms with E-state index in [4.69, 9.17) is 10.2 Å². The van der Waals surface area contributed by atoms with Gasteiger partial charge in [0.05, 0.1) is 12.5 Å². The fourth-order valence-corrected chi connectivity index (χ4v) is 1.60. The van der Waals surface area contributed by atoms with Crippen LogP contribution < -0.4 is 5.32 Å². The van der Waals surface area contributed by atoms with E-state index in [9.17, 15) is 4.79 Å². The molecule has 0 saturated carbocycles. The van der Waals surface area contributed by atoms with Crippen LogP contribution in [-0.4, -0.2) is 28.8 Å². The molecule has 1 atom stereocenters. The lowest BCUT2D eigenvalue weighted by Gasteiger charge is -2.10. The predicted octanol–water partition coefficient (Wildman–Crippen LogP) is 1.17. The van der Waals surface area contributed by atoms with E-state index in [1.165, 1.54) is 0 Å². The molecule has 94 valence electrons. The molecule has 1 unspecified atom stereocenters. The molecule has 0 amide bonds. The Balaban J connectivity index is 2.49. The van der Waals surface area contributed by atoms with Crippen LogP contribution >= 0.6 is 0 Å². The standard InChI is InChI=1S/C13H19NO3/c1-10(15)6-7-14-9-12-5-3-2-4-11(12)8-13(16)17/h2-5,10,14-15H,6-9H2,1H3,(H,16,17). The highest BCUT2D eigenvalue weighted by Gasteiger charge is 2.05. The maximum Gasteiger partial charge on any atom is 0.307 e. The van der Waals surface area contributed by atoms with Crippen LogP contribution in [0.2, 0.25) is 0 Å². The summed E-state index contributed by atoms with van der Waals surface area (Å²) in [7, 11) is 0. The lowest BCUT2D eigenvalue weighted by molar-refractivity contribution is -0.136. The van der Waals surface area contributed by atoms with Gasteiger partial charge in [-0.25, -0.2) is 0 Å². The van der Waals surface area contributed by atoms with Gasteiger partial charge in [-0.05, 0) is 31.0 Å². The third-order valence-electron chi connectivity index (χ3n) is 2.51. The van der Waals surface area contributed by atoms with Gasteiger partial charge in [-0.1, -0.05) is 24.3 Å². The summed E-state index contributed by atoms with van der Waals surface area (Å²) in [5, 5.41) is 21.1. The molecule has 0 spiro atoms. The zero-order valence-electron chi connectivity index (χ0n) is 10.0. The maximum absolute atomic E-state index is 10.7. The SMILES string of the molecule is CC(O)CCNCc1ccccc1CC(=O)O. The summed E-state index contributed by atoms with van der Waals surface area (Å²) >= 11 is 0. The molecule has 0 fully saturated rings. The van der Waals surface area contributed by atoms with Crippen molar-refractivity contribution in [2.75, 3.05) is 6.54 Å². The van der Waals surface area contributed by atoms with Gasteiger partial charge in [0.25, 0.3) is 0 Å². The minimum Gasteiger partial charge on any atom is -0.481 e. The van der Waals surface area contributed by atoms with E-state index in [0.717, 1.165) is 17.7 Å². The number of hydrogen-bond acceptors (Lipinski definition) is 3. The highest BCUT2D eigenvalue weighted by molar-refractivity contribution is 5.70. The summed E-state index contributed by atoms with van der Waals surface area (Å²) < 4.78 is 0. The van der Waals surface area contributed by atoms with E-state index in [2.05, 4.69) is 5.32 Å². The Morgan fingerprint density at radius 1 is 1.35 bits per heavy atom. The van der Waals surface area contributed by atoms with Crippen LogP contribution in [-0.2, 0) is 17.8 Å². The second-order valence-corrected chi connectivity index (χ2v) is 4.15. The van der Waals surface area contributed by atoms with Gasteiger partial charge in [-0.3, -0.25) is 4.79 Å². The number of aliphatic hydroxyl groups excluding tert-OH is 1. The molecule has 1 aromatic rings. The Bertz CT molecular complexity index is 363.